The first-order chi connectivity index (χ1) is 8.11. The fraction of sp³-hybridized carbons (Fsp3) is 0.462. The van der Waals surface area contributed by atoms with Crippen LogP contribution in [0.4, 0.5) is 5.69 Å². The number of rotatable bonds is 6. The molecule has 1 atom stereocenters. The van der Waals surface area contributed by atoms with E-state index in [1.807, 2.05) is 37.4 Å². The number of aryl methyl sites for hydroxylation is 1. The van der Waals surface area contributed by atoms with Crippen LogP contribution in [-0.4, -0.2) is 24.0 Å². The summed E-state index contributed by atoms with van der Waals surface area (Å²) in [6, 6.07) is 7.91. The summed E-state index contributed by atoms with van der Waals surface area (Å²) < 4.78 is 0. The minimum Gasteiger partial charge on any atom is -0.399 e. The molecule has 0 saturated carbocycles. The van der Waals surface area contributed by atoms with E-state index in [1.54, 1.807) is 11.8 Å². The van der Waals surface area contributed by atoms with Crippen molar-refractivity contribution < 1.29 is 4.79 Å². The standard InChI is InChI=1S/C13H20N2OS/c1-10(9-17-2)15-13(16)7-6-11-4-3-5-12(14)8-11/h3-5,8,10H,6-7,9,14H2,1-2H3,(H,15,16). The van der Waals surface area contributed by atoms with E-state index in [1.165, 1.54) is 0 Å². The monoisotopic (exact) mass is 252 g/mol. The van der Waals surface area contributed by atoms with Gasteiger partial charge in [-0.3, -0.25) is 4.79 Å². The Hall–Kier alpha value is -1.16. The molecule has 0 radical (unpaired) electrons. The van der Waals surface area contributed by atoms with Crippen molar-refractivity contribution in [2.75, 3.05) is 17.7 Å². The number of carbonyl (C=O) groups is 1. The molecule has 1 rings (SSSR count). The first kappa shape index (κ1) is 13.9. The number of hydrogen-bond acceptors (Lipinski definition) is 3. The van der Waals surface area contributed by atoms with Gasteiger partial charge in [-0.1, -0.05) is 12.1 Å². The Morgan fingerprint density at radius 3 is 2.94 bits per heavy atom. The van der Waals surface area contributed by atoms with E-state index in [2.05, 4.69) is 5.32 Å². The van der Waals surface area contributed by atoms with Gasteiger partial charge < -0.3 is 11.1 Å². The van der Waals surface area contributed by atoms with Crippen molar-refractivity contribution in [1.29, 1.82) is 0 Å². The molecule has 0 bridgehead atoms. The quantitative estimate of drug-likeness (QED) is 0.762. The predicted molar refractivity (Wildman–Crippen MR) is 75.2 cm³/mol. The number of anilines is 1. The van der Waals surface area contributed by atoms with Crippen LogP contribution >= 0.6 is 11.8 Å². The van der Waals surface area contributed by atoms with E-state index in [-0.39, 0.29) is 11.9 Å². The van der Waals surface area contributed by atoms with Gasteiger partial charge in [-0.2, -0.15) is 11.8 Å². The van der Waals surface area contributed by atoms with Crippen LogP contribution in [0.25, 0.3) is 0 Å². The molecule has 3 nitrogen and oxygen atoms in total. The molecule has 17 heavy (non-hydrogen) atoms. The van der Waals surface area contributed by atoms with E-state index in [0.717, 1.165) is 23.4 Å². The summed E-state index contributed by atoms with van der Waals surface area (Å²) in [4.78, 5) is 11.6. The lowest BCUT2D eigenvalue weighted by atomic mass is 10.1. The molecule has 94 valence electrons. The summed E-state index contributed by atoms with van der Waals surface area (Å²) in [7, 11) is 0. The third-order valence-electron chi connectivity index (χ3n) is 2.42. The van der Waals surface area contributed by atoms with Gasteiger partial charge in [0, 0.05) is 23.9 Å². The highest BCUT2D eigenvalue weighted by Crippen LogP contribution is 2.08. The SMILES string of the molecule is CSCC(C)NC(=O)CCc1cccc(N)c1. The van der Waals surface area contributed by atoms with Crippen LogP contribution in [0.3, 0.4) is 0 Å². The number of thioether (sulfide) groups is 1. The summed E-state index contributed by atoms with van der Waals surface area (Å²) in [5, 5.41) is 2.97. The molecule has 1 aromatic carbocycles. The minimum atomic E-state index is 0.106. The Balaban J connectivity index is 2.33. The second kappa shape index (κ2) is 7.22. The molecule has 0 aliphatic rings. The Morgan fingerprint density at radius 1 is 1.53 bits per heavy atom. The summed E-state index contributed by atoms with van der Waals surface area (Å²) >= 11 is 1.74. The van der Waals surface area contributed by atoms with E-state index in [0.29, 0.717) is 6.42 Å². The number of hydrogen-bond donors (Lipinski definition) is 2. The van der Waals surface area contributed by atoms with Crippen LogP contribution in [0.2, 0.25) is 0 Å². The van der Waals surface area contributed by atoms with E-state index in [4.69, 9.17) is 5.73 Å². The number of nitrogens with one attached hydrogen (secondary N) is 1. The summed E-state index contributed by atoms with van der Waals surface area (Å²) in [6.07, 6.45) is 3.29. The van der Waals surface area contributed by atoms with Gasteiger partial charge in [0.2, 0.25) is 5.91 Å². The van der Waals surface area contributed by atoms with E-state index >= 15 is 0 Å². The van der Waals surface area contributed by atoms with Crippen molar-refractivity contribution in [3.63, 3.8) is 0 Å². The number of amides is 1. The smallest absolute Gasteiger partial charge is 0.220 e. The average Bonchev–Trinajstić information content (AvgIpc) is 2.27. The van der Waals surface area contributed by atoms with Gasteiger partial charge in [0.1, 0.15) is 0 Å². The maximum atomic E-state index is 11.6. The van der Waals surface area contributed by atoms with Gasteiger partial charge in [0.15, 0.2) is 0 Å². The molecule has 4 heteroatoms. The van der Waals surface area contributed by atoms with Crippen LogP contribution in [-0.2, 0) is 11.2 Å². The molecule has 1 amide bonds. The van der Waals surface area contributed by atoms with E-state index in [9.17, 15) is 4.79 Å². The number of nitrogen functional groups attached to an aromatic ring is 1. The average molecular weight is 252 g/mol. The zero-order chi connectivity index (χ0) is 12.7. The van der Waals surface area contributed by atoms with Crippen molar-refractivity contribution >= 4 is 23.4 Å². The van der Waals surface area contributed by atoms with Crippen molar-refractivity contribution in [2.24, 2.45) is 0 Å². The van der Waals surface area contributed by atoms with Crippen molar-refractivity contribution in [1.82, 2.24) is 5.32 Å². The highest BCUT2D eigenvalue weighted by atomic mass is 32.2. The molecule has 1 unspecified atom stereocenters. The molecule has 0 heterocycles. The van der Waals surface area contributed by atoms with Crippen molar-refractivity contribution in [2.45, 2.75) is 25.8 Å². The zero-order valence-electron chi connectivity index (χ0n) is 10.4. The predicted octanol–water partition coefficient (Wildman–Crippen LogP) is 2.07. The maximum Gasteiger partial charge on any atom is 0.220 e. The number of carbonyl (C=O) groups excluding carboxylic acids is 1. The third-order valence-corrected chi connectivity index (χ3v) is 3.25. The van der Waals surface area contributed by atoms with Crippen molar-refractivity contribution in [3.8, 4) is 0 Å². The third kappa shape index (κ3) is 5.63. The van der Waals surface area contributed by atoms with Crippen LogP contribution in [0.15, 0.2) is 24.3 Å². The molecule has 0 fully saturated rings. The van der Waals surface area contributed by atoms with Gasteiger partial charge in [-0.05, 0) is 37.3 Å². The molecule has 1 aromatic rings. The van der Waals surface area contributed by atoms with Crippen LogP contribution in [0, 0.1) is 0 Å². The lowest BCUT2D eigenvalue weighted by molar-refractivity contribution is -0.121. The van der Waals surface area contributed by atoms with Gasteiger partial charge in [-0.15, -0.1) is 0 Å². The topological polar surface area (TPSA) is 55.1 Å². The highest BCUT2D eigenvalue weighted by Gasteiger charge is 2.06. The van der Waals surface area contributed by atoms with Crippen LogP contribution in [0.1, 0.15) is 18.9 Å². The first-order valence-electron chi connectivity index (χ1n) is 5.74. The van der Waals surface area contributed by atoms with Crippen LogP contribution < -0.4 is 11.1 Å². The van der Waals surface area contributed by atoms with Crippen LogP contribution in [0.5, 0.6) is 0 Å². The summed E-state index contributed by atoms with van der Waals surface area (Å²) in [6.45, 7) is 2.02. The Kier molecular flexibility index (Phi) is 5.91. The Bertz CT molecular complexity index is 368. The van der Waals surface area contributed by atoms with Gasteiger partial charge in [0.25, 0.3) is 0 Å². The van der Waals surface area contributed by atoms with Gasteiger partial charge >= 0.3 is 0 Å². The Labute approximate surface area is 107 Å². The number of benzene rings is 1. The molecule has 3 N–H and O–H groups in total. The van der Waals surface area contributed by atoms with E-state index < -0.39 is 0 Å². The summed E-state index contributed by atoms with van der Waals surface area (Å²) in [5.41, 5.74) is 7.54. The van der Waals surface area contributed by atoms with Gasteiger partial charge in [0.05, 0.1) is 0 Å². The largest absolute Gasteiger partial charge is 0.399 e. The normalized spacial score (nSPS) is 12.1. The number of nitrogens with two attached hydrogens (primary N) is 1. The molecular formula is C13H20N2OS. The fourth-order valence-corrected chi connectivity index (χ4v) is 2.23. The molecular weight excluding hydrogens is 232 g/mol. The van der Waals surface area contributed by atoms with Crippen molar-refractivity contribution in [3.05, 3.63) is 29.8 Å². The maximum absolute atomic E-state index is 11.6. The fourth-order valence-electron chi connectivity index (χ4n) is 1.65. The zero-order valence-corrected chi connectivity index (χ0v) is 11.2. The second-order valence-electron chi connectivity index (χ2n) is 4.17. The lowest BCUT2D eigenvalue weighted by Crippen LogP contribution is -2.34. The highest BCUT2D eigenvalue weighted by molar-refractivity contribution is 7.98. The minimum absolute atomic E-state index is 0.106. The molecule has 0 aromatic heterocycles. The second-order valence-corrected chi connectivity index (χ2v) is 5.08. The molecule has 0 spiro atoms. The Morgan fingerprint density at radius 2 is 2.29 bits per heavy atom. The summed E-state index contributed by atoms with van der Waals surface area (Å²) in [5.74, 6) is 1.05. The molecule has 0 aliphatic carbocycles. The van der Waals surface area contributed by atoms with Gasteiger partial charge in [-0.25, -0.2) is 0 Å². The molecule has 0 saturated heterocycles. The first-order valence-corrected chi connectivity index (χ1v) is 7.14. The lowest BCUT2D eigenvalue weighted by Gasteiger charge is -2.12. The molecule has 0 aliphatic heterocycles.